The number of nitrogens with zero attached hydrogens (tertiary/aromatic N) is 2. The second kappa shape index (κ2) is 3.96. The molecule has 0 amide bonds. The Bertz CT molecular complexity index is 374. The van der Waals surface area contributed by atoms with Crippen LogP contribution in [-0.4, -0.2) is 15.8 Å². The molecule has 15 heavy (non-hydrogen) atoms. The molecule has 0 aliphatic carbocycles. The third-order valence-electron chi connectivity index (χ3n) is 1.77. The smallest absolute Gasteiger partial charge is 0.294 e. The van der Waals surface area contributed by atoms with Gasteiger partial charge in [0.2, 0.25) is 0 Å². The number of hydrogen-bond donors (Lipinski definition) is 0. The quantitative estimate of drug-likeness (QED) is 0.715. The van der Waals surface area contributed by atoms with Gasteiger partial charge in [-0.05, 0) is 0 Å². The SMILES string of the molecule is CC(C)C(=O)c1cncnc1C(F)(F)F. The molecular weight excluding hydrogens is 209 g/mol. The van der Waals surface area contributed by atoms with Gasteiger partial charge < -0.3 is 0 Å². The van der Waals surface area contributed by atoms with E-state index in [0.29, 0.717) is 0 Å². The molecule has 0 bridgehead atoms. The lowest BCUT2D eigenvalue weighted by Gasteiger charge is -2.11. The Labute approximate surface area is 84.4 Å². The summed E-state index contributed by atoms with van der Waals surface area (Å²) in [6.45, 7) is 3.05. The van der Waals surface area contributed by atoms with Crippen LogP contribution in [0.2, 0.25) is 0 Å². The highest BCUT2D eigenvalue weighted by Crippen LogP contribution is 2.30. The molecule has 0 saturated heterocycles. The van der Waals surface area contributed by atoms with E-state index < -0.39 is 29.1 Å². The van der Waals surface area contributed by atoms with Crippen LogP contribution in [0.25, 0.3) is 0 Å². The molecule has 0 aliphatic heterocycles. The first-order chi connectivity index (χ1) is 6.84. The third kappa shape index (κ3) is 2.51. The zero-order chi connectivity index (χ0) is 11.6. The third-order valence-corrected chi connectivity index (χ3v) is 1.77. The number of ketones is 1. The fourth-order valence-electron chi connectivity index (χ4n) is 1.05. The Morgan fingerprint density at radius 2 is 2.00 bits per heavy atom. The van der Waals surface area contributed by atoms with Crippen LogP contribution >= 0.6 is 0 Å². The summed E-state index contributed by atoms with van der Waals surface area (Å²) in [4.78, 5) is 18.0. The van der Waals surface area contributed by atoms with Crippen LogP contribution in [0.3, 0.4) is 0 Å². The van der Waals surface area contributed by atoms with E-state index in [4.69, 9.17) is 0 Å². The molecule has 0 aliphatic rings. The minimum atomic E-state index is -4.62. The molecule has 0 aromatic carbocycles. The number of carbonyl (C=O) groups excluding carboxylic acids is 1. The molecule has 0 N–H and O–H groups in total. The lowest BCUT2D eigenvalue weighted by atomic mass is 10.0. The number of halogens is 3. The summed E-state index contributed by atoms with van der Waals surface area (Å²) in [5, 5.41) is 0. The molecular formula is C9H9F3N2O. The van der Waals surface area contributed by atoms with Crippen LogP contribution in [0.5, 0.6) is 0 Å². The van der Waals surface area contributed by atoms with Crippen molar-refractivity contribution in [2.24, 2.45) is 5.92 Å². The maximum absolute atomic E-state index is 12.4. The first-order valence-corrected chi connectivity index (χ1v) is 4.25. The summed E-state index contributed by atoms with van der Waals surface area (Å²) in [5.41, 5.74) is -1.64. The normalized spacial score (nSPS) is 11.9. The molecule has 3 nitrogen and oxygen atoms in total. The molecule has 0 fully saturated rings. The topological polar surface area (TPSA) is 42.9 Å². The van der Waals surface area contributed by atoms with Gasteiger partial charge in [-0.3, -0.25) is 4.79 Å². The minimum Gasteiger partial charge on any atom is -0.294 e. The van der Waals surface area contributed by atoms with Crippen molar-refractivity contribution in [2.45, 2.75) is 20.0 Å². The number of carbonyl (C=O) groups is 1. The lowest BCUT2D eigenvalue weighted by molar-refractivity contribution is -0.141. The minimum absolute atomic E-state index is 0.472. The predicted octanol–water partition coefficient (Wildman–Crippen LogP) is 2.33. The van der Waals surface area contributed by atoms with E-state index in [2.05, 4.69) is 9.97 Å². The summed E-state index contributed by atoms with van der Waals surface area (Å²) in [6, 6.07) is 0. The highest BCUT2D eigenvalue weighted by Gasteiger charge is 2.37. The summed E-state index contributed by atoms with van der Waals surface area (Å²) >= 11 is 0. The fourth-order valence-corrected chi connectivity index (χ4v) is 1.05. The number of aromatic nitrogens is 2. The average Bonchev–Trinajstić information content (AvgIpc) is 2.15. The van der Waals surface area contributed by atoms with Crippen LogP contribution < -0.4 is 0 Å². The zero-order valence-corrected chi connectivity index (χ0v) is 8.17. The summed E-state index contributed by atoms with van der Waals surface area (Å²) in [7, 11) is 0. The Morgan fingerprint density at radius 1 is 1.40 bits per heavy atom. The van der Waals surface area contributed by atoms with Gasteiger partial charge in [0, 0.05) is 12.1 Å². The molecule has 0 radical (unpaired) electrons. The average molecular weight is 218 g/mol. The van der Waals surface area contributed by atoms with Crippen LogP contribution in [0.15, 0.2) is 12.5 Å². The first-order valence-electron chi connectivity index (χ1n) is 4.25. The van der Waals surface area contributed by atoms with E-state index >= 15 is 0 Å². The van der Waals surface area contributed by atoms with E-state index in [0.717, 1.165) is 12.5 Å². The Kier molecular flexibility index (Phi) is 3.06. The fraction of sp³-hybridized carbons (Fsp3) is 0.444. The monoisotopic (exact) mass is 218 g/mol. The van der Waals surface area contributed by atoms with Crippen LogP contribution in [0.4, 0.5) is 13.2 Å². The van der Waals surface area contributed by atoms with Gasteiger partial charge in [-0.2, -0.15) is 13.2 Å². The molecule has 0 spiro atoms. The van der Waals surface area contributed by atoms with Gasteiger partial charge in [0.1, 0.15) is 6.33 Å². The van der Waals surface area contributed by atoms with Crippen LogP contribution in [0.1, 0.15) is 29.9 Å². The van der Waals surface area contributed by atoms with E-state index in [1.54, 1.807) is 0 Å². The van der Waals surface area contributed by atoms with E-state index in [-0.39, 0.29) is 0 Å². The molecule has 82 valence electrons. The molecule has 6 heteroatoms. The molecule has 1 aromatic rings. The van der Waals surface area contributed by atoms with Crippen molar-refractivity contribution in [2.75, 3.05) is 0 Å². The van der Waals surface area contributed by atoms with Crippen molar-refractivity contribution in [3.63, 3.8) is 0 Å². The maximum atomic E-state index is 12.4. The van der Waals surface area contributed by atoms with E-state index in [9.17, 15) is 18.0 Å². The zero-order valence-electron chi connectivity index (χ0n) is 8.17. The van der Waals surface area contributed by atoms with Crippen LogP contribution in [-0.2, 0) is 6.18 Å². The highest BCUT2D eigenvalue weighted by atomic mass is 19.4. The second-order valence-electron chi connectivity index (χ2n) is 3.30. The van der Waals surface area contributed by atoms with E-state index in [1.807, 2.05) is 0 Å². The molecule has 0 atom stereocenters. The van der Waals surface area contributed by atoms with Gasteiger partial charge in [-0.15, -0.1) is 0 Å². The maximum Gasteiger partial charge on any atom is 0.434 e. The summed E-state index contributed by atoms with van der Waals surface area (Å²) in [5.74, 6) is -1.12. The Morgan fingerprint density at radius 3 is 2.47 bits per heavy atom. The van der Waals surface area contributed by atoms with Crippen LogP contribution in [0, 0.1) is 5.92 Å². The van der Waals surface area contributed by atoms with Crippen molar-refractivity contribution in [1.29, 1.82) is 0 Å². The van der Waals surface area contributed by atoms with Crippen molar-refractivity contribution in [3.05, 3.63) is 23.8 Å². The predicted molar refractivity (Wildman–Crippen MR) is 46.2 cm³/mol. The van der Waals surface area contributed by atoms with Crippen molar-refractivity contribution >= 4 is 5.78 Å². The molecule has 1 heterocycles. The standard InChI is InChI=1S/C9H9F3N2O/c1-5(2)7(15)6-3-13-4-14-8(6)9(10,11)12/h3-5H,1-2H3. The highest BCUT2D eigenvalue weighted by molar-refractivity contribution is 5.98. The molecule has 0 saturated carbocycles. The molecule has 1 aromatic heterocycles. The number of alkyl halides is 3. The van der Waals surface area contributed by atoms with Gasteiger partial charge in [-0.1, -0.05) is 13.8 Å². The first kappa shape index (κ1) is 11.6. The summed E-state index contributed by atoms with van der Waals surface area (Å²) in [6.07, 6.45) is -2.94. The van der Waals surface area contributed by atoms with E-state index in [1.165, 1.54) is 13.8 Å². The summed E-state index contributed by atoms with van der Waals surface area (Å²) < 4.78 is 37.3. The van der Waals surface area contributed by atoms with Crippen molar-refractivity contribution in [3.8, 4) is 0 Å². The van der Waals surface area contributed by atoms with Crippen molar-refractivity contribution < 1.29 is 18.0 Å². The number of rotatable bonds is 2. The lowest BCUT2D eigenvalue weighted by Crippen LogP contribution is -2.18. The molecule has 1 rings (SSSR count). The van der Waals surface area contributed by atoms with Gasteiger partial charge in [-0.25, -0.2) is 9.97 Å². The number of Topliss-reactive ketones (excluding diaryl/α,β-unsaturated/α-hetero) is 1. The Balaban J connectivity index is 3.25. The van der Waals surface area contributed by atoms with Gasteiger partial charge in [0.15, 0.2) is 11.5 Å². The molecule has 0 unspecified atom stereocenters. The van der Waals surface area contributed by atoms with Gasteiger partial charge in [0.25, 0.3) is 0 Å². The second-order valence-corrected chi connectivity index (χ2v) is 3.30. The largest absolute Gasteiger partial charge is 0.434 e. The number of hydrogen-bond acceptors (Lipinski definition) is 3. The Hall–Kier alpha value is -1.46. The van der Waals surface area contributed by atoms with Crippen molar-refractivity contribution in [1.82, 2.24) is 9.97 Å². The van der Waals surface area contributed by atoms with Gasteiger partial charge in [0.05, 0.1) is 5.56 Å². The van der Waals surface area contributed by atoms with Gasteiger partial charge >= 0.3 is 6.18 Å².